The predicted molar refractivity (Wildman–Crippen MR) is 100 cm³/mol. The number of nitrogens with one attached hydrogen (secondary N) is 1. The molecule has 1 saturated carbocycles. The molecule has 3 aromatic rings. The molecule has 0 unspecified atom stereocenters. The summed E-state index contributed by atoms with van der Waals surface area (Å²) in [7, 11) is 0. The Balaban J connectivity index is 1.49. The minimum Gasteiger partial charge on any atom is -0.299 e. The van der Waals surface area contributed by atoms with Crippen molar-refractivity contribution in [2.24, 2.45) is 0 Å². The second kappa shape index (κ2) is 7.33. The molecule has 8 heteroatoms. The summed E-state index contributed by atoms with van der Waals surface area (Å²) in [5.74, 6) is 0.161. The highest BCUT2D eigenvalue weighted by atomic mass is 32.1. The average molecular weight is 369 g/mol. The number of aromatic nitrogens is 4. The van der Waals surface area contributed by atoms with Gasteiger partial charge in [-0.2, -0.15) is 0 Å². The van der Waals surface area contributed by atoms with Gasteiger partial charge in [-0.25, -0.2) is 4.98 Å². The zero-order valence-corrected chi connectivity index (χ0v) is 15.0. The molecule has 2 aromatic heterocycles. The van der Waals surface area contributed by atoms with Crippen LogP contribution in [0.1, 0.15) is 43.0 Å². The van der Waals surface area contributed by atoms with E-state index in [1.54, 1.807) is 6.07 Å². The van der Waals surface area contributed by atoms with E-state index in [0.717, 1.165) is 17.8 Å². The third-order valence-electron chi connectivity index (χ3n) is 4.70. The molecule has 1 aromatic carbocycles. The van der Waals surface area contributed by atoms with Crippen molar-refractivity contribution >= 4 is 33.4 Å². The van der Waals surface area contributed by atoms with E-state index in [0.29, 0.717) is 22.1 Å². The lowest BCUT2D eigenvalue weighted by Gasteiger charge is -2.18. The molecular weight excluding hydrogens is 350 g/mol. The van der Waals surface area contributed by atoms with E-state index in [4.69, 9.17) is 0 Å². The third kappa shape index (κ3) is 3.50. The van der Waals surface area contributed by atoms with Crippen LogP contribution in [0.25, 0.3) is 11.0 Å². The molecule has 134 valence electrons. The highest BCUT2D eigenvalue weighted by Gasteiger charge is 2.20. The number of fused-ring (bicyclic) bond motifs is 1. The second-order valence-electron chi connectivity index (χ2n) is 6.50. The summed E-state index contributed by atoms with van der Waals surface area (Å²) < 4.78 is 1.42. The molecule has 0 atom stereocenters. The fraction of sp³-hybridized carbons (Fsp3) is 0.389. The van der Waals surface area contributed by atoms with Gasteiger partial charge in [0.1, 0.15) is 11.6 Å². The molecule has 1 fully saturated rings. The van der Waals surface area contributed by atoms with Crippen molar-refractivity contribution in [2.45, 2.75) is 44.6 Å². The van der Waals surface area contributed by atoms with Crippen molar-refractivity contribution in [2.75, 3.05) is 5.32 Å². The van der Waals surface area contributed by atoms with Crippen LogP contribution in [0.2, 0.25) is 0 Å². The Morgan fingerprint density at radius 3 is 2.85 bits per heavy atom. The van der Waals surface area contributed by atoms with Gasteiger partial charge in [0, 0.05) is 5.92 Å². The van der Waals surface area contributed by atoms with Gasteiger partial charge in [-0.3, -0.25) is 19.5 Å². The number of hydrogen-bond donors (Lipinski definition) is 1. The zero-order valence-electron chi connectivity index (χ0n) is 14.2. The lowest BCUT2D eigenvalue weighted by Crippen LogP contribution is -2.27. The van der Waals surface area contributed by atoms with Crippen LogP contribution in [0.15, 0.2) is 35.3 Å². The van der Waals surface area contributed by atoms with Crippen molar-refractivity contribution in [3.05, 3.63) is 45.8 Å². The molecule has 0 aliphatic heterocycles. The lowest BCUT2D eigenvalue weighted by atomic mass is 9.90. The Hall–Kier alpha value is -2.61. The van der Waals surface area contributed by atoms with E-state index in [1.165, 1.54) is 41.4 Å². The van der Waals surface area contributed by atoms with Crippen LogP contribution in [-0.2, 0) is 11.3 Å². The number of amides is 1. The number of nitrogens with zero attached hydrogens (tertiary/aromatic N) is 4. The summed E-state index contributed by atoms with van der Waals surface area (Å²) in [6.45, 7) is -0.0831. The fourth-order valence-electron chi connectivity index (χ4n) is 3.38. The summed E-state index contributed by atoms with van der Waals surface area (Å²) in [6.07, 6.45) is 7.26. The first kappa shape index (κ1) is 16.8. The maximum atomic E-state index is 12.4. The molecular formula is C18H19N5O2S. The van der Waals surface area contributed by atoms with Crippen molar-refractivity contribution in [1.82, 2.24) is 19.7 Å². The first-order valence-electron chi connectivity index (χ1n) is 8.78. The Bertz CT molecular complexity index is 990. The van der Waals surface area contributed by atoms with Crippen LogP contribution in [0, 0.1) is 0 Å². The summed E-state index contributed by atoms with van der Waals surface area (Å²) in [6, 6.07) is 7.25. The number of carbonyl (C=O) groups is 1. The highest BCUT2D eigenvalue weighted by molar-refractivity contribution is 7.15. The number of hydrogen-bond acceptors (Lipinski definition) is 6. The number of carbonyl (C=O) groups excluding carboxylic acids is 1. The first-order chi connectivity index (χ1) is 12.7. The largest absolute Gasteiger partial charge is 0.299 e. The van der Waals surface area contributed by atoms with Crippen LogP contribution < -0.4 is 10.9 Å². The SMILES string of the molecule is O=C(Cn1c(=O)cnc2ccccc21)Nc1nnc(C2CCCCC2)s1. The van der Waals surface area contributed by atoms with E-state index in [2.05, 4.69) is 20.5 Å². The minimum atomic E-state index is -0.306. The Morgan fingerprint density at radius 2 is 2.00 bits per heavy atom. The molecule has 1 N–H and O–H groups in total. The van der Waals surface area contributed by atoms with Gasteiger partial charge in [-0.05, 0) is 25.0 Å². The van der Waals surface area contributed by atoms with E-state index in [-0.39, 0.29) is 18.0 Å². The molecule has 7 nitrogen and oxygen atoms in total. The van der Waals surface area contributed by atoms with Crippen LogP contribution in [0.3, 0.4) is 0 Å². The van der Waals surface area contributed by atoms with Gasteiger partial charge >= 0.3 is 0 Å². The molecule has 0 saturated heterocycles. The van der Waals surface area contributed by atoms with Crippen LogP contribution in [0.4, 0.5) is 5.13 Å². The smallest absolute Gasteiger partial charge is 0.269 e. The average Bonchev–Trinajstić information content (AvgIpc) is 3.13. The van der Waals surface area contributed by atoms with E-state index < -0.39 is 0 Å². The van der Waals surface area contributed by atoms with Crippen LogP contribution in [-0.4, -0.2) is 25.7 Å². The molecule has 1 aliphatic rings. The Kier molecular flexibility index (Phi) is 4.75. The van der Waals surface area contributed by atoms with Gasteiger partial charge in [0.2, 0.25) is 11.0 Å². The number of anilines is 1. The first-order valence-corrected chi connectivity index (χ1v) is 9.60. The second-order valence-corrected chi connectivity index (χ2v) is 7.51. The fourth-order valence-corrected chi connectivity index (χ4v) is 4.31. The summed E-state index contributed by atoms with van der Waals surface area (Å²) in [4.78, 5) is 28.6. The molecule has 0 spiro atoms. The maximum absolute atomic E-state index is 12.4. The Labute approximate surface area is 154 Å². The van der Waals surface area contributed by atoms with Crippen LogP contribution >= 0.6 is 11.3 Å². The standard InChI is InChI=1S/C18H19N5O2S/c24-15(11-23-14-9-5-4-8-13(14)19-10-16(23)25)20-18-22-21-17(26-18)12-6-2-1-3-7-12/h4-5,8-10,12H,1-3,6-7,11H2,(H,20,22,24). The van der Waals surface area contributed by atoms with Crippen molar-refractivity contribution in [3.8, 4) is 0 Å². The Morgan fingerprint density at radius 1 is 1.19 bits per heavy atom. The van der Waals surface area contributed by atoms with Gasteiger partial charge in [-0.1, -0.05) is 42.7 Å². The normalized spacial score (nSPS) is 15.2. The molecule has 1 aliphatic carbocycles. The lowest BCUT2D eigenvalue weighted by molar-refractivity contribution is -0.116. The van der Waals surface area contributed by atoms with E-state index in [1.807, 2.05) is 18.2 Å². The quantitative estimate of drug-likeness (QED) is 0.764. The van der Waals surface area contributed by atoms with Gasteiger partial charge in [-0.15, -0.1) is 10.2 Å². The van der Waals surface area contributed by atoms with Gasteiger partial charge in [0.05, 0.1) is 17.2 Å². The molecule has 2 heterocycles. The van der Waals surface area contributed by atoms with E-state index >= 15 is 0 Å². The van der Waals surface area contributed by atoms with Gasteiger partial charge < -0.3 is 0 Å². The predicted octanol–water partition coefficient (Wildman–Crippen LogP) is 2.93. The van der Waals surface area contributed by atoms with Crippen LogP contribution in [0.5, 0.6) is 0 Å². The zero-order chi connectivity index (χ0) is 17.9. The molecule has 4 rings (SSSR count). The molecule has 0 bridgehead atoms. The van der Waals surface area contributed by atoms with Gasteiger partial charge in [0.15, 0.2) is 0 Å². The third-order valence-corrected chi connectivity index (χ3v) is 5.70. The molecule has 26 heavy (non-hydrogen) atoms. The monoisotopic (exact) mass is 369 g/mol. The summed E-state index contributed by atoms with van der Waals surface area (Å²) in [5.41, 5.74) is 1.00. The minimum absolute atomic E-state index is 0.0831. The molecule has 0 radical (unpaired) electrons. The number of para-hydroxylation sites is 2. The molecule has 1 amide bonds. The summed E-state index contributed by atoms with van der Waals surface area (Å²) in [5, 5.41) is 12.6. The van der Waals surface area contributed by atoms with Crippen molar-refractivity contribution < 1.29 is 4.79 Å². The summed E-state index contributed by atoms with van der Waals surface area (Å²) >= 11 is 1.43. The van der Waals surface area contributed by atoms with Crippen molar-refractivity contribution in [1.29, 1.82) is 0 Å². The highest BCUT2D eigenvalue weighted by Crippen LogP contribution is 2.35. The van der Waals surface area contributed by atoms with Gasteiger partial charge in [0.25, 0.3) is 5.56 Å². The maximum Gasteiger partial charge on any atom is 0.269 e. The number of rotatable bonds is 4. The topological polar surface area (TPSA) is 89.8 Å². The number of benzene rings is 1. The van der Waals surface area contributed by atoms with E-state index in [9.17, 15) is 9.59 Å². The van der Waals surface area contributed by atoms with Crippen molar-refractivity contribution in [3.63, 3.8) is 0 Å².